The molecule has 0 aromatic heterocycles. The second-order valence-electron chi connectivity index (χ2n) is 7.92. The van der Waals surface area contributed by atoms with E-state index in [9.17, 15) is 18.0 Å². The normalized spacial score (nSPS) is 12.0. The maximum absolute atomic E-state index is 13.6. The molecule has 0 saturated carbocycles. The summed E-state index contributed by atoms with van der Waals surface area (Å²) >= 11 is 3.38. The van der Waals surface area contributed by atoms with Gasteiger partial charge in [0.15, 0.2) is 0 Å². The molecular formula is C26H28BrN3O4S. The lowest BCUT2D eigenvalue weighted by atomic mass is 10.1. The summed E-state index contributed by atoms with van der Waals surface area (Å²) in [4.78, 5) is 27.5. The van der Waals surface area contributed by atoms with Crippen molar-refractivity contribution in [3.05, 3.63) is 95.0 Å². The van der Waals surface area contributed by atoms with E-state index in [2.05, 4.69) is 21.2 Å². The monoisotopic (exact) mass is 557 g/mol. The van der Waals surface area contributed by atoms with Gasteiger partial charge < -0.3 is 10.2 Å². The average molecular weight is 558 g/mol. The molecule has 1 atom stereocenters. The minimum atomic E-state index is -4.05. The molecule has 0 radical (unpaired) electrons. The third-order valence-electron chi connectivity index (χ3n) is 5.60. The van der Waals surface area contributed by atoms with Crippen LogP contribution in [0, 0.1) is 0 Å². The molecule has 0 aliphatic carbocycles. The number of hydrogen-bond acceptors (Lipinski definition) is 4. The zero-order chi connectivity index (χ0) is 25.4. The van der Waals surface area contributed by atoms with Crippen LogP contribution in [0.4, 0.5) is 5.69 Å². The first kappa shape index (κ1) is 26.4. The zero-order valence-electron chi connectivity index (χ0n) is 19.6. The number of carbonyl (C=O) groups is 2. The molecule has 3 aromatic carbocycles. The first-order chi connectivity index (χ1) is 16.7. The molecule has 184 valence electrons. The Morgan fingerprint density at radius 2 is 1.57 bits per heavy atom. The smallest absolute Gasteiger partial charge is 0.264 e. The lowest BCUT2D eigenvalue weighted by Gasteiger charge is -2.31. The number of carbonyl (C=O) groups excluding carboxylic acids is 2. The van der Waals surface area contributed by atoms with Gasteiger partial charge in [0.2, 0.25) is 11.8 Å². The lowest BCUT2D eigenvalue weighted by Crippen LogP contribution is -2.51. The predicted molar refractivity (Wildman–Crippen MR) is 141 cm³/mol. The van der Waals surface area contributed by atoms with Crippen LogP contribution in [0.2, 0.25) is 0 Å². The number of benzene rings is 3. The number of nitrogens with zero attached hydrogens (tertiary/aromatic N) is 2. The molecule has 0 heterocycles. The van der Waals surface area contributed by atoms with Crippen molar-refractivity contribution in [2.24, 2.45) is 0 Å². The highest BCUT2D eigenvalue weighted by atomic mass is 79.9. The maximum atomic E-state index is 13.6. The third kappa shape index (κ3) is 6.70. The molecule has 0 aliphatic rings. The van der Waals surface area contributed by atoms with Crippen molar-refractivity contribution in [2.45, 2.75) is 24.3 Å². The van der Waals surface area contributed by atoms with E-state index in [1.165, 1.54) is 24.1 Å². The largest absolute Gasteiger partial charge is 0.357 e. The van der Waals surface area contributed by atoms with E-state index in [1.54, 1.807) is 49.4 Å². The highest BCUT2D eigenvalue weighted by Gasteiger charge is 2.32. The van der Waals surface area contributed by atoms with E-state index >= 15 is 0 Å². The van der Waals surface area contributed by atoms with Crippen LogP contribution in [0.3, 0.4) is 0 Å². The number of halogens is 1. The molecule has 3 rings (SSSR count). The van der Waals surface area contributed by atoms with Crippen molar-refractivity contribution in [2.75, 3.05) is 24.4 Å². The summed E-state index contributed by atoms with van der Waals surface area (Å²) in [7, 11) is -2.55. The molecule has 0 spiro atoms. The van der Waals surface area contributed by atoms with E-state index in [0.29, 0.717) is 16.6 Å². The molecular weight excluding hydrogens is 530 g/mol. The van der Waals surface area contributed by atoms with Crippen LogP contribution in [-0.2, 0) is 26.0 Å². The highest BCUT2D eigenvalue weighted by molar-refractivity contribution is 9.10. The predicted octanol–water partition coefficient (Wildman–Crippen LogP) is 3.85. The quantitative estimate of drug-likeness (QED) is 0.410. The third-order valence-corrected chi connectivity index (χ3v) is 7.89. The van der Waals surface area contributed by atoms with Gasteiger partial charge in [-0.3, -0.25) is 13.9 Å². The van der Waals surface area contributed by atoms with Crippen LogP contribution in [0.5, 0.6) is 0 Å². The van der Waals surface area contributed by atoms with E-state index < -0.39 is 28.5 Å². The molecule has 2 amide bonds. The fraction of sp³-hybridized carbons (Fsp3) is 0.231. The first-order valence-corrected chi connectivity index (χ1v) is 13.4. The van der Waals surface area contributed by atoms with E-state index in [4.69, 9.17) is 0 Å². The number of hydrogen-bond donors (Lipinski definition) is 1. The molecule has 1 N–H and O–H groups in total. The average Bonchev–Trinajstić information content (AvgIpc) is 2.87. The fourth-order valence-electron chi connectivity index (χ4n) is 3.66. The number of anilines is 1. The van der Waals surface area contributed by atoms with E-state index in [0.717, 1.165) is 9.87 Å². The number of amides is 2. The summed E-state index contributed by atoms with van der Waals surface area (Å²) < 4.78 is 29.0. The number of rotatable bonds is 10. The molecule has 0 fully saturated rings. The van der Waals surface area contributed by atoms with Gasteiger partial charge in [-0.05, 0) is 49.2 Å². The van der Waals surface area contributed by atoms with Gasteiger partial charge in [-0.1, -0.05) is 70.5 Å². The minimum Gasteiger partial charge on any atom is -0.357 e. The van der Waals surface area contributed by atoms with Gasteiger partial charge in [-0.2, -0.15) is 0 Å². The van der Waals surface area contributed by atoms with E-state index in [-0.39, 0.29) is 17.3 Å². The molecule has 35 heavy (non-hydrogen) atoms. The van der Waals surface area contributed by atoms with Gasteiger partial charge in [-0.25, -0.2) is 8.42 Å². The standard InChI is InChI=1S/C26H28BrN3O4S/c1-20(26(32)28-2)29(17-16-21-10-5-3-6-11-21)25(31)19-30(23-13-9-12-22(27)18-23)35(33,34)24-14-7-4-8-15-24/h3-15,18,20H,16-17,19H2,1-2H3,(H,28,32)/t20-/m0/s1. The van der Waals surface area contributed by atoms with Crippen LogP contribution < -0.4 is 9.62 Å². The summed E-state index contributed by atoms with van der Waals surface area (Å²) in [6.45, 7) is 1.44. The Labute approximate surface area is 214 Å². The summed E-state index contributed by atoms with van der Waals surface area (Å²) in [6, 6.07) is 23.6. The van der Waals surface area contributed by atoms with Gasteiger partial charge in [-0.15, -0.1) is 0 Å². The number of likely N-dealkylation sites (N-methyl/N-ethyl adjacent to an activating group) is 1. The van der Waals surface area contributed by atoms with Crippen molar-refractivity contribution in [3.8, 4) is 0 Å². The molecule has 7 nitrogen and oxygen atoms in total. The van der Waals surface area contributed by atoms with Crippen molar-refractivity contribution in [1.82, 2.24) is 10.2 Å². The molecule has 0 unspecified atom stereocenters. The van der Waals surface area contributed by atoms with Crippen LogP contribution in [0.15, 0.2) is 94.3 Å². The van der Waals surface area contributed by atoms with Crippen LogP contribution >= 0.6 is 15.9 Å². The van der Waals surface area contributed by atoms with Gasteiger partial charge >= 0.3 is 0 Å². The summed E-state index contributed by atoms with van der Waals surface area (Å²) in [5.74, 6) is -0.803. The fourth-order valence-corrected chi connectivity index (χ4v) is 5.47. The van der Waals surface area contributed by atoms with Gasteiger partial charge in [0.05, 0.1) is 10.6 Å². The van der Waals surface area contributed by atoms with Crippen molar-refractivity contribution in [3.63, 3.8) is 0 Å². The van der Waals surface area contributed by atoms with Crippen LogP contribution in [-0.4, -0.2) is 51.3 Å². The second kappa shape index (κ2) is 12.0. The Kier molecular flexibility index (Phi) is 9.06. The molecule has 0 saturated heterocycles. The lowest BCUT2D eigenvalue weighted by molar-refractivity contribution is -0.138. The Morgan fingerprint density at radius 3 is 2.17 bits per heavy atom. The maximum Gasteiger partial charge on any atom is 0.264 e. The minimum absolute atomic E-state index is 0.0722. The zero-order valence-corrected chi connectivity index (χ0v) is 22.0. The van der Waals surface area contributed by atoms with Gasteiger partial charge in [0, 0.05) is 18.1 Å². The Morgan fingerprint density at radius 1 is 0.943 bits per heavy atom. The number of sulfonamides is 1. The van der Waals surface area contributed by atoms with Gasteiger partial charge in [0.1, 0.15) is 12.6 Å². The molecule has 0 bridgehead atoms. The SMILES string of the molecule is CNC(=O)[C@H](C)N(CCc1ccccc1)C(=O)CN(c1cccc(Br)c1)S(=O)(=O)c1ccccc1. The Hall–Kier alpha value is -3.17. The topological polar surface area (TPSA) is 86.8 Å². The highest BCUT2D eigenvalue weighted by Crippen LogP contribution is 2.26. The second-order valence-corrected chi connectivity index (χ2v) is 10.7. The van der Waals surface area contributed by atoms with Crippen LogP contribution in [0.25, 0.3) is 0 Å². The summed E-state index contributed by atoms with van der Waals surface area (Å²) in [5.41, 5.74) is 1.35. The summed E-state index contributed by atoms with van der Waals surface area (Å²) in [5, 5.41) is 2.58. The van der Waals surface area contributed by atoms with Crippen LogP contribution in [0.1, 0.15) is 12.5 Å². The van der Waals surface area contributed by atoms with Crippen molar-refractivity contribution >= 4 is 43.5 Å². The molecule has 3 aromatic rings. The van der Waals surface area contributed by atoms with Gasteiger partial charge in [0.25, 0.3) is 10.0 Å². The van der Waals surface area contributed by atoms with E-state index in [1.807, 2.05) is 30.3 Å². The Balaban J connectivity index is 1.96. The Bertz CT molecular complexity index is 1250. The molecule has 9 heteroatoms. The number of nitrogens with one attached hydrogen (secondary N) is 1. The first-order valence-electron chi connectivity index (χ1n) is 11.1. The van der Waals surface area contributed by atoms with Crippen molar-refractivity contribution in [1.29, 1.82) is 0 Å². The van der Waals surface area contributed by atoms with Crippen molar-refractivity contribution < 1.29 is 18.0 Å². The molecule has 0 aliphatic heterocycles. The summed E-state index contributed by atoms with van der Waals surface area (Å²) in [6.07, 6.45) is 0.524.